The van der Waals surface area contributed by atoms with Crippen LogP contribution in [0.1, 0.15) is 21.9 Å². The van der Waals surface area contributed by atoms with Gasteiger partial charge >= 0.3 is 0 Å². The Labute approximate surface area is 171 Å². The molecule has 5 aromatic rings. The maximum absolute atomic E-state index is 13.3. The van der Waals surface area contributed by atoms with Crippen molar-refractivity contribution < 1.29 is 9.21 Å². The molecule has 2 aromatic heterocycles. The fourth-order valence-corrected chi connectivity index (χ4v) is 3.35. The number of benzene rings is 3. The molecule has 0 aliphatic heterocycles. The van der Waals surface area contributed by atoms with Crippen LogP contribution in [0.25, 0.3) is 21.9 Å². The van der Waals surface area contributed by atoms with Gasteiger partial charge in [0.15, 0.2) is 5.76 Å². The molecule has 0 bridgehead atoms. The molecule has 0 saturated carbocycles. The SMILES string of the molecule is Cc1ccc(Nn2c(C(=O)c3cc4ccccc4o3)nc3ccccc3c2=O)cc1. The highest BCUT2D eigenvalue weighted by Crippen LogP contribution is 2.21. The molecule has 0 amide bonds. The standard InChI is InChI=1S/C24H17N3O3/c1-15-10-12-17(13-11-15)26-27-23(25-19-8-4-3-7-18(19)24(27)29)22(28)21-14-16-6-2-5-9-20(16)30-21/h2-14,26H,1H3. The van der Waals surface area contributed by atoms with Crippen molar-refractivity contribution in [3.05, 3.63) is 106 Å². The van der Waals surface area contributed by atoms with Crippen LogP contribution in [0.15, 0.2) is 88.1 Å². The molecule has 0 spiro atoms. The Balaban J connectivity index is 1.69. The lowest BCUT2D eigenvalue weighted by atomic mass is 10.2. The van der Waals surface area contributed by atoms with Gasteiger partial charge in [-0.25, -0.2) is 4.98 Å². The van der Waals surface area contributed by atoms with Crippen LogP contribution in [0.4, 0.5) is 5.69 Å². The summed E-state index contributed by atoms with van der Waals surface area (Å²) in [7, 11) is 0. The number of carbonyl (C=O) groups excluding carboxylic acids is 1. The van der Waals surface area contributed by atoms with Crippen molar-refractivity contribution >= 4 is 33.3 Å². The zero-order valence-corrected chi connectivity index (χ0v) is 16.1. The summed E-state index contributed by atoms with van der Waals surface area (Å²) in [5, 5.41) is 1.22. The van der Waals surface area contributed by atoms with Gasteiger partial charge in [-0.1, -0.05) is 48.0 Å². The highest BCUT2D eigenvalue weighted by Gasteiger charge is 2.22. The van der Waals surface area contributed by atoms with E-state index in [9.17, 15) is 9.59 Å². The molecule has 30 heavy (non-hydrogen) atoms. The minimum atomic E-state index is -0.478. The van der Waals surface area contributed by atoms with Crippen molar-refractivity contribution in [2.75, 3.05) is 5.43 Å². The smallest absolute Gasteiger partial charge is 0.280 e. The van der Waals surface area contributed by atoms with E-state index in [-0.39, 0.29) is 17.1 Å². The van der Waals surface area contributed by atoms with Crippen molar-refractivity contribution in [2.24, 2.45) is 0 Å². The molecule has 146 valence electrons. The number of furan rings is 1. The zero-order chi connectivity index (χ0) is 20.7. The van der Waals surface area contributed by atoms with Crippen molar-refractivity contribution in [1.82, 2.24) is 9.66 Å². The molecule has 0 unspecified atom stereocenters. The Morgan fingerprint density at radius 2 is 1.70 bits per heavy atom. The molecule has 0 fully saturated rings. The Bertz CT molecular complexity index is 1430. The maximum atomic E-state index is 13.3. The summed E-state index contributed by atoms with van der Waals surface area (Å²) < 4.78 is 6.91. The second-order valence-electron chi connectivity index (χ2n) is 7.05. The van der Waals surface area contributed by atoms with E-state index in [0.29, 0.717) is 22.2 Å². The van der Waals surface area contributed by atoms with Crippen LogP contribution < -0.4 is 11.0 Å². The summed E-state index contributed by atoms with van der Waals surface area (Å²) in [6, 6.07) is 23.5. The minimum absolute atomic E-state index is 0.0432. The van der Waals surface area contributed by atoms with Gasteiger partial charge in [-0.15, -0.1) is 0 Å². The van der Waals surface area contributed by atoms with Crippen LogP contribution in [-0.4, -0.2) is 15.4 Å². The summed E-state index contributed by atoms with van der Waals surface area (Å²) in [6.07, 6.45) is 0. The zero-order valence-electron chi connectivity index (χ0n) is 16.1. The number of hydrogen-bond donors (Lipinski definition) is 1. The average Bonchev–Trinajstić information content (AvgIpc) is 3.21. The fourth-order valence-electron chi connectivity index (χ4n) is 3.35. The maximum Gasteiger partial charge on any atom is 0.280 e. The molecule has 0 saturated heterocycles. The van der Waals surface area contributed by atoms with Crippen molar-refractivity contribution in [2.45, 2.75) is 6.92 Å². The molecule has 5 rings (SSSR count). The molecule has 0 atom stereocenters. The lowest BCUT2D eigenvalue weighted by Crippen LogP contribution is -2.33. The highest BCUT2D eigenvalue weighted by molar-refractivity contribution is 6.07. The first-order valence-electron chi connectivity index (χ1n) is 9.49. The number of fused-ring (bicyclic) bond motifs is 2. The van der Waals surface area contributed by atoms with Gasteiger partial charge in [-0.05, 0) is 43.3 Å². The lowest BCUT2D eigenvalue weighted by molar-refractivity contribution is 0.0998. The summed E-state index contributed by atoms with van der Waals surface area (Å²) in [6.45, 7) is 1.98. The number of nitrogens with one attached hydrogen (secondary N) is 1. The van der Waals surface area contributed by atoms with Gasteiger partial charge in [0, 0.05) is 5.39 Å². The minimum Gasteiger partial charge on any atom is -0.452 e. The van der Waals surface area contributed by atoms with E-state index in [1.807, 2.05) is 49.4 Å². The van der Waals surface area contributed by atoms with E-state index < -0.39 is 5.78 Å². The second-order valence-corrected chi connectivity index (χ2v) is 7.05. The van der Waals surface area contributed by atoms with Crippen LogP contribution >= 0.6 is 0 Å². The first-order chi connectivity index (χ1) is 14.6. The summed E-state index contributed by atoms with van der Waals surface area (Å²) in [4.78, 5) is 31.0. The van der Waals surface area contributed by atoms with Crippen LogP contribution in [0, 0.1) is 6.92 Å². The largest absolute Gasteiger partial charge is 0.452 e. The average molecular weight is 395 g/mol. The Kier molecular flexibility index (Phi) is 4.17. The van der Waals surface area contributed by atoms with Crippen LogP contribution in [0.5, 0.6) is 0 Å². The first kappa shape index (κ1) is 17.9. The molecule has 1 N–H and O–H groups in total. The molecule has 6 nitrogen and oxygen atoms in total. The molecule has 3 aromatic carbocycles. The van der Waals surface area contributed by atoms with Gasteiger partial charge in [-0.2, -0.15) is 4.68 Å². The predicted molar refractivity (Wildman–Crippen MR) is 116 cm³/mol. The third-order valence-corrected chi connectivity index (χ3v) is 4.92. The number of carbonyl (C=O) groups is 1. The van der Waals surface area contributed by atoms with E-state index in [1.165, 1.54) is 4.68 Å². The quantitative estimate of drug-likeness (QED) is 0.452. The first-order valence-corrected chi connectivity index (χ1v) is 9.49. The van der Waals surface area contributed by atoms with Gasteiger partial charge < -0.3 is 4.42 Å². The number of rotatable bonds is 4. The number of para-hydroxylation sites is 2. The van der Waals surface area contributed by atoms with Gasteiger partial charge in [0.05, 0.1) is 16.6 Å². The van der Waals surface area contributed by atoms with Crippen LogP contribution in [-0.2, 0) is 0 Å². The molecule has 6 heteroatoms. The Hall–Kier alpha value is -4.19. The summed E-state index contributed by atoms with van der Waals surface area (Å²) in [5.41, 5.74) is 5.46. The van der Waals surface area contributed by atoms with E-state index in [2.05, 4.69) is 10.4 Å². The van der Waals surface area contributed by atoms with E-state index in [1.54, 1.807) is 36.4 Å². The summed E-state index contributed by atoms with van der Waals surface area (Å²) >= 11 is 0. The van der Waals surface area contributed by atoms with Crippen molar-refractivity contribution in [3.63, 3.8) is 0 Å². The predicted octanol–water partition coefficient (Wildman–Crippen LogP) is 4.56. The normalized spacial score (nSPS) is 11.1. The van der Waals surface area contributed by atoms with Gasteiger partial charge in [-0.3, -0.25) is 15.0 Å². The molecule has 0 radical (unpaired) electrons. The molecular weight excluding hydrogens is 378 g/mol. The number of aryl methyl sites for hydroxylation is 1. The number of aromatic nitrogens is 2. The van der Waals surface area contributed by atoms with Crippen molar-refractivity contribution in [3.8, 4) is 0 Å². The molecule has 2 heterocycles. The second kappa shape index (κ2) is 7.00. The molecular formula is C24H17N3O3. The third-order valence-electron chi connectivity index (χ3n) is 4.92. The number of hydrogen-bond acceptors (Lipinski definition) is 5. The molecule has 0 aliphatic carbocycles. The van der Waals surface area contributed by atoms with Crippen molar-refractivity contribution in [1.29, 1.82) is 0 Å². The number of ketones is 1. The topological polar surface area (TPSA) is 77.1 Å². The van der Waals surface area contributed by atoms with E-state index in [4.69, 9.17) is 4.42 Å². The monoisotopic (exact) mass is 395 g/mol. The Morgan fingerprint density at radius 3 is 2.50 bits per heavy atom. The fraction of sp³-hybridized carbons (Fsp3) is 0.0417. The van der Waals surface area contributed by atoms with E-state index >= 15 is 0 Å². The van der Waals surface area contributed by atoms with Crippen LogP contribution in [0.2, 0.25) is 0 Å². The third kappa shape index (κ3) is 3.04. The summed E-state index contributed by atoms with van der Waals surface area (Å²) in [5.74, 6) is -0.398. The Morgan fingerprint density at radius 1 is 0.967 bits per heavy atom. The highest BCUT2D eigenvalue weighted by atomic mass is 16.3. The van der Waals surface area contributed by atoms with E-state index in [0.717, 1.165) is 10.9 Å². The lowest BCUT2D eigenvalue weighted by Gasteiger charge is -2.14. The van der Waals surface area contributed by atoms with Crippen LogP contribution in [0.3, 0.4) is 0 Å². The number of nitrogens with zero attached hydrogens (tertiary/aromatic N) is 2. The van der Waals surface area contributed by atoms with Gasteiger partial charge in [0.1, 0.15) is 5.58 Å². The van der Waals surface area contributed by atoms with Gasteiger partial charge in [0.2, 0.25) is 5.82 Å². The van der Waals surface area contributed by atoms with Gasteiger partial charge in [0.25, 0.3) is 11.3 Å². The number of anilines is 1. The molecule has 0 aliphatic rings.